The van der Waals surface area contributed by atoms with Gasteiger partial charge in [-0.05, 0) is 40.2 Å². The number of hydrazine groups is 1. The lowest BCUT2D eigenvalue weighted by Gasteiger charge is -2.07. The number of aromatic amines is 1. The molecular formula is C12H8BrCl2N3O2. The van der Waals surface area contributed by atoms with Gasteiger partial charge in [-0.1, -0.05) is 23.2 Å². The topological polar surface area (TPSA) is 74.0 Å². The number of H-pyrrole nitrogens is 1. The Morgan fingerprint density at radius 3 is 2.15 bits per heavy atom. The Balaban J connectivity index is 2.00. The van der Waals surface area contributed by atoms with Gasteiger partial charge in [0, 0.05) is 26.3 Å². The van der Waals surface area contributed by atoms with Crippen LogP contribution < -0.4 is 10.9 Å². The van der Waals surface area contributed by atoms with E-state index < -0.39 is 11.8 Å². The highest BCUT2D eigenvalue weighted by Gasteiger charge is 2.11. The molecule has 0 saturated heterocycles. The minimum absolute atomic E-state index is 0.246. The second kappa shape index (κ2) is 6.30. The first-order valence-electron chi connectivity index (χ1n) is 5.36. The molecule has 0 aliphatic heterocycles. The second-order valence-electron chi connectivity index (χ2n) is 3.80. The van der Waals surface area contributed by atoms with Gasteiger partial charge in [0.2, 0.25) is 0 Å². The second-order valence-corrected chi connectivity index (χ2v) is 5.59. The molecule has 104 valence electrons. The predicted molar refractivity (Wildman–Crippen MR) is 79.9 cm³/mol. The van der Waals surface area contributed by atoms with E-state index in [4.69, 9.17) is 23.2 Å². The molecule has 0 spiro atoms. The normalized spacial score (nSPS) is 10.2. The van der Waals surface area contributed by atoms with Crippen LogP contribution in [0.15, 0.2) is 34.9 Å². The number of hydrogen-bond donors (Lipinski definition) is 3. The summed E-state index contributed by atoms with van der Waals surface area (Å²) in [6, 6.07) is 5.98. The first kappa shape index (κ1) is 14.9. The molecule has 1 heterocycles. The van der Waals surface area contributed by atoms with Crippen molar-refractivity contribution in [1.82, 2.24) is 15.8 Å². The maximum Gasteiger partial charge on any atom is 0.286 e. The Hall–Kier alpha value is -1.50. The van der Waals surface area contributed by atoms with E-state index in [0.717, 1.165) is 4.47 Å². The maximum absolute atomic E-state index is 11.8. The first-order valence-corrected chi connectivity index (χ1v) is 6.91. The molecule has 8 heteroatoms. The molecule has 1 aromatic carbocycles. The van der Waals surface area contributed by atoms with Crippen LogP contribution in [0.2, 0.25) is 10.0 Å². The molecule has 0 radical (unpaired) electrons. The minimum atomic E-state index is -0.520. The lowest BCUT2D eigenvalue weighted by atomic mass is 10.2. The zero-order chi connectivity index (χ0) is 14.7. The molecule has 2 aromatic rings. The fourth-order valence-corrected chi connectivity index (χ4v) is 2.31. The van der Waals surface area contributed by atoms with Crippen molar-refractivity contribution in [3.05, 3.63) is 56.2 Å². The Bertz CT molecular complexity index is 652. The summed E-state index contributed by atoms with van der Waals surface area (Å²) in [7, 11) is 0. The van der Waals surface area contributed by atoms with Crippen molar-refractivity contribution in [2.75, 3.05) is 0 Å². The molecule has 5 nitrogen and oxygen atoms in total. The lowest BCUT2D eigenvalue weighted by Crippen LogP contribution is -2.41. The van der Waals surface area contributed by atoms with Gasteiger partial charge in [0.25, 0.3) is 11.8 Å². The third kappa shape index (κ3) is 3.75. The summed E-state index contributed by atoms with van der Waals surface area (Å²) in [6.45, 7) is 0. The van der Waals surface area contributed by atoms with Crippen molar-refractivity contribution in [2.45, 2.75) is 0 Å². The van der Waals surface area contributed by atoms with Crippen molar-refractivity contribution < 1.29 is 9.59 Å². The zero-order valence-corrected chi connectivity index (χ0v) is 12.9. The molecule has 1 aromatic heterocycles. The molecule has 20 heavy (non-hydrogen) atoms. The molecule has 0 saturated carbocycles. The number of amides is 2. The van der Waals surface area contributed by atoms with Gasteiger partial charge in [-0.15, -0.1) is 0 Å². The van der Waals surface area contributed by atoms with Crippen molar-refractivity contribution >= 4 is 50.9 Å². The summed E-state index contributed by atoms with van der Waals surface area (Å²) >= 11 is 14.8. The van der Waals surface area contributed by atoms with E-state index in [1.165, 1.54) is 18.2 Å². The van der Waals surface area contributed by atoms with E-state index in [0.29, 0.717) is 15.7 Å². The molecule has 3 N–H and O–H groups in total. The average Bonchev–Trinajstić information content (AvgIpc) is 2.81. The summed E-state index contributed by atoms with van der Waals surface area (Å²) in [6.07, 6.45) is 1.60. The van der Waals surface area contributed by atoms with E-state index in [1.54, 1.807) is 12.3 Å². The van der Waals surface area contributed by atoms with Gasteiger partial charge >= 0.3 is 0 Å². The van der Waals surface area contributed by atoms with E-state index >= 15 is 0 Å². The summed E-state index contributed by atoms with van der Waals surface area (Å²) in [5.74, 6) is -0.995. The van der Waals surface area contributed by atoms with Crippen LogP contribution >= 0.6 is 39.1 Å². The number of carbonyl (C=O) groups is 2. The Labute approximate surface area is 132 Å². The van der Waals surface area contributed by atoms with Gasteiger partial charge in [-0.2, -0.15) is 0 Å². The van der Waals surface area contributed by atoms with Crippen LogP contribution in [-0.2, 0) is 0 Å². The fraction of sp³-hybridized carbons (Fsp3) is 0. The molecular weight excluding hydrogens is 369 g/mol. The lowest BCUT2D eigenvalue weighted by molar-refractivity contribution is 0.0844. The zero-order valence-electron chi connectivity index (χ0n) is 9.84. The van der Waals surface area contributed by atoms with Crippen LogP contribution in [0.4, 0.5) is 0 Å². The van der Waals surface area contributed by atoms with Crippen molar-refractivity contribution in [1.29, 1.82) is 0 Å². The van der Waals surface area contributed by atoms with Gasteiger partial charge in [-0.25, -0.2) is 0 Å². The third-order valence-corrected chi connectivity index (χ3v) is 3.20. The van der Waals surface area contributed by atoms with Crippen LogP contribution in [0, 0.1) is 0 Å². The van der Waals surface area contributed by atoms with Crippen molar-refractivity contribution in [3.8, 4) is 0 Å². The fourth-order valence-electron chi connectivity index (χ4n) is 1.44. The molecule has 0 bridgehead atoms. The minimum Gasteiger partial charge on any atom is -0.356 e. The summed E-state index contributed by atoms with van der Waals surface area (Å²) in [5.41, 5.74) is 5.10. The predicted octanol–water partition coefficient (Wildman–Crippen LogP) is 3.16. The number of benzene rings is 1. The van der Waals surface area contributed by atoms with Crippen molar-refractivity contribution in [3.63, 3.8) is 0 Å². The molecule has 0 aliphatic rings. The van der Waals surface area contributed by atoms with Gasteiger partial charge < -0.3 is 4.98 Å². The molecule has 2 rings (SSSR count). The largest absolute Gasteiger partial charge is 0.356 e. The Kier molecular flexibility index (Phi) is 4.69. The van der Waals surface area contributed by atoms with Gasteiger partial charge in [0.15, 0.2) is 0 Å². The number of halogens is 3. The molecule has 0 unspecified atom stereocenters. The van der Waals surface area contributed by atoms with E-state index in [9.17, 15) is 9.59 Å². The highest BCUT2D eigenvalue weighted by molar-refractivity contribution is 9.10. The van der Waals surface area contributed by atoms with Crippen LogP contribution in [0.5, 0.6) is 0 Å². The summed E-state index contributed by atoms with van der Waals surface area (Å²) < 4.78 is 0.732. The van der Waals surface area contributed by atoms with Crippen LogP contribution in [-0.4, -0.2) is 16.8 Å². The number of nitrogens with one attached hydrogen (secondary N) is 3. The van der Waals surface area contributed by atoms with E-state index in [2.05, 4.69) is 31.8 Å². The third-order valence-electron chi connectivity index (χ3n) is 2.31. The summed E-state index contributed by atoms with van der Waals surface area (Å²) in [4.78, 5) is 26.3. The SMILES string of the molecule is O=C(NNC(=O)c1cc(Br)c[nH]1)c1cc(Cl)cc(Cl)c1. The average molecular weight is 377 g/mol. The quantitative estimate of drug-likeness (QED) is 0.704. The van der Waals surface area contributed by atoms with Gasteiger partial charge in [-0.3, -0.25) is 20.4 Å². The van der Waals surface area contributed by atoms with Gasteiger partial charge in [0.1, 0.15) is 5.69 Å². The van der Waals surface area contributed by atoms with Crippen LogP contribution in [0.1, 0.15) is 20.8 Å². The van der Waals surface area contributed by atoms with Crippen molar-refractivity contribution in [2.24, 2.45) is 0 Å². The number of rotatable bonds is 2. The monoisotopic (exact) mass is 375 g/mol. The standard InChI is InChI=1S/C12H8BrCl2N3O2/c13-7-3-10(16-5-7)12(20)18-17-11(19)6-1-8(14)4-9(15)2-6/h1-5,16H,(H,17,19)(H,18,20). The van der Waals surface area contributed by atoms with E-state index in [-0.39, 0.29) is 5.56 Å². The number of carbonyl (C=O) groups excluding carboxylic acids is 2. The summed E-state index contributed by atoms with van der Waals surface area (Å²) in [5, 5.41) is 0.671. The Morgan fingerprint density at radius 2 is 1.60 bits per heavy atom. The van der Waals surface area contributed by atoms with Crippen LogP contribution in [0.25, 0.3) is 0 Å². The van der Waals surface area contributed by atoms with E-state index in [1.807, 2.05) is 0 Å². The Morgan fingerprint density at radius 1 is 1.00 bits per heavy atom. The number of hydrogen-bond acceptors (Lipinski definition) is 2. The molecule has 0 fully saturated rings. The molecule has 0 aliphatic carbocycles. The van der Waals surface area contributed by atoms with Gasteiger partial charge in [0.05, 0.1) is 0 Å². The molecule has 0 atom stereocenters. The highest BCUT2D eigenvalue weighted by Crippen LogP contribution is 2.18. The highest BCUT2D eigenvalue weighted by atomic mass is 79.9. The maximum atomic E-state index is 11.8. The van der Waals surface area contributed by atoms with Crippen LogP contribution in [0.3, 0.4) is 0 Å². The molecule has 2 amide bonds. The first-order chi connectivity index (χ1) is 9.45. The number of aromatic nitrogens is 1. The smallest absolute Gasteiger partial charge is 0.286 e.